The summed E-state index contributed by atoms with van der Waals surface area (Å²) in [6, 6.07) is 9.83. The summed E-state index contributed by atoms with van der Waals surface area (Å²) in [7, 11) is 0. The van der Waals surface area contributed by atoms with Gasteiger partial charge in [0.15, 0.2) is 0 Å². The summed E-state index contributed by atoms with van der Waals surface area (Å²) >= 11 is 1.54. The van der Waals surface area contributed by atoms with E-state index in [1.807, 2.05) is 48.7 Å². The zero-order chi connectivity index (χ0) is 11.4. The van der Waals surface area contributed by atoms with Gasteiger partial charge in [-0.25, -0.2) is 0 Å². The maximum atomic E-state index is 12.1. The molecule has 1 heterocycles. The maximum absolute atomic E-state index is 12.1. The lowest BCUT2D eigenvalue weighted by Crippen LogP contribution is -2.32. The van der Waals surface area contributed by atoms with E-state index >= 15 is 0 Å². The Hall–Kier alpha value is -1.22. The SMILES string of the molecule is CCOC(=O)C1(c2ccccc2)CC=CS1. The van der Waals surface area contributed by atoms with Crippen LogP contribution in [-0.2, 0) is 14.3 Å². The Morgan fingerprint density at radius 2 is 2.19 bits per heavy atom. The van der Waals surface area contributed by atoms with Crippen molar-refractivity contribution >= 4 is 17.7 Å². The van der Waals surface area contributed by atoms with Gasteiger partial charge in [0, 0.05) is 0 Å². The minimum atomic E-state index is -0.558. The van der Waals surface area contributed by atoms with Gasteiger partial charge in [-0.3, -0.25) is 4.79 Å². The molecule has 84 valence electrons. The molecule has 2 nitrogen and oxygen atoms in total. The van der Waals surface area contributed by atoms with Gasteiger partial charge in [0.1, 0.15) is 4.75 Å². The van der Waals surface area contributed by atoms with Crippen LogP contribution in [0.5, 0.6) is 0 Å². The number of allylic oxidation sites excluding steroid dienone is 1. The van der Waals surface area contributed by atoms with E-state index in [4.69, 9.17) is 4.74 Å². The Bertz CT molecular complexity index is 390. The monoisotopic (exact) mass is 234 g/mol. The lowest BCUT2D eigenvalue weighted by molar-refractivity contribution is -0.146. The third kappa shape index (κ3) is 1.87. The molecule has 1 unspecified atom stereocenters. The van der Waals surface area contributed by atoms with Crippen LogP contribution >= 0.6 is 11.8 Å². The van der Waals surface area contributed by atoms with E-state index < -0.39 is 4.75 Å². The van der Waals surface area contributed by atoms with Crippen LogP contribution in [0.2, 0.25) is 0 Å². The topological polar surface area (TPSA) is 26.3 Å². The Morgan fingerprint density at radius 1 is 1.44 bits per heavy atom. The molecule has 1 aliphatic rings. The standard InChI is InChI=1S/C13H14O2S/c1-2-15-12(14)13(9-6-10-16-13)11-7-4-3-5-8-11/h3-8,10H,2,9H2,1H3. The van der Waals surface area contributed by atoms with E-state index in [0.717, 1.165) is 5.56 Å². The third-order valence-corrected chi connectivity index (χ3v) is 3.92. The Balaban J connectivity index is 2.33. The second-order valence-electron chi connectivity index (χ2n) is 3.61. The normalized spacial score (nSPS) is 23.3. The molecule has 0 saturated carbocycles. The molecule has 0 amide bonds. The van der Waals surface area contributed by atoms with Crippen molar-refractivity contribution in [3.8, 4) is 0 Å². The van der Waals surface area contributed by atoms with Crippen molar-refractivity contribution < 1.29 is 9.53 Å². The highest BCUT2D eigenvalue weighted by Gasteiger charge is 2.43. The smallest absolute Gasteiger partial charge is 0.327 e. The van der Waals surface area contributed by atoms with Crippen LogP contribution in [0.25, 0.3) is 0 Å². The summed E-state index contributed by atoms with van der Waals surface area (Å²) in [5.41, 5.74) is 1.02. The predicted molar refractivity (Wildman–Crippen MR) is 66.1 cm³/mol. The molecule has 0 aromatic heterocycles. The van der Waals surface area contributed by atoms with E-state index in [1.54, 1.807) is 0 Å². The Morgan fingerprint density at radius 3 is 2.75 bits per heavy atom. The summed E-state index contributed by atoms with van der Waals surface area (Å²) < 4.78 is 4.63. The highest BCUT2D eigenvalue weighted by molar-refractivity contribution is 8.04. The Kier molecular flexibility index (Phi) is 3.34. The first-order chi connectivity index (χ1) is 7.79. The van der Waals surface area contributed by atoms with Crippen molar-refractivity contribution in [2.75, 3.05) is 6.61 Å². The fourth-order valence-corrected chi connectivity index (χ4v) is 2.86. The van der Waals surface area contributed by atoms with Gasteiger partial charge in [-0.15, -0.1) is 11.8 Å². The van der Waals surface area contributed by atoms with Crippen molar-refractivity contribution in [3.05, 3.63) is 47.4 Å². The van der Waals surface area contributed by atoms with Gasteiger partial charge in [-0.2, -0.15) is 0 Å². The zero-order valence-electron chi connectivity index (χ0n) is 9.18. The summed E-state index contributed by atoms with van der Waals surface area (Å²) in [6.07, 6.45) is 2.73. The van der Waals surface area contributed by atoms with Crippen LogP contribution in [-0.4, -0.2) is 12.6 Å². The molecule has 1 atom stereocenters. The van der Waals surface area contributed by atoms with Crippen molar-refractivity contribution in [3.63, 3.8) is 0 Å². The van der Waals surface area contributed by atoms with Crippen LogP contribution < -0.4 is 0 Å². The van der Waals surface area contributed by atoms with Gasteiger partial charge in [0.25, 0.3) is 0 Å². The molecular formula is C13H14O2S. The van der Waals surface area contributed by atoms with E-state index in [1.165, 1.54) is 11.8 Å². The predicted octanol–water partition coefficient (Wildman–Crippen LogP) is 3.10. The molecule has 0 fully saturated rings. The van der Waals surface area contributed by atoms with Crippen molar-refractivity contribution in [1.29, 1.82) is 0 Å². The highest BCUT2D eigenvalue weighted by Crippen LogP contribution is 2.46. The van der Waals surface area contributed by atoms with Gasteiger partial charge < -0.3 is 4.74 Å². The van der Waals surface area contributed by atoms with Crippen LogP contribution in [0.4, 0.5) is 0 Å². The molecule has 2 rings (SSSR count). The molecule has 1 aromatic rings. The van der Waals surface area contributed by atoms with E-state index in [0.29, 0.717) is 13.0 Å². The van der Waals surface area contributed by atoms with Crippen molar-refractivity contribution in [1.82, 2.24) is 0 Å². The lowest BCUT2D eigenvalue weighted by Gasteiger charge is -2.25. The number of carbonyl (C=O) groups excluding carboxylic acids is 1. The first kappa shape index (κ1) is 11.3. The zero-order valence-corrected chi connectivity index (χ0v) is 10.00. The first-order valence-electron chi connectivity index (χ1n) is 5.35. The second-order valence-corrected chi connectivity index (χ2v) is 4.81. The molecule has 0 saturated heterocycles. The number of rotatable bonds is 3. The summed E-state index contributed by atoms with van der Waals surface area (Å²) in [4.78, 5) is 12.1. The fraction of sp³-hybridized carbons (Fsp3) is 0.308. The Labute approximate surface area is 99.7 Å². The van der Waals surface area contributed by atoms with Crippen LogP contribution in [0.15, 0.2) is 41.8 Å². The summed E-state index contributed by atoms with van der Waals surface area (Å²) in [5, 5.41) is 1.98. The van der Waals surface area contributed by atoms with Gasteiger partial charge in [0.05, 0.1) is 6.61 Å². The third-order valence-electron chi connectivity index (χ3n) is 2.62. The maximum Gasteiger partial charge on any atom is 0.327 e. The molecule has 0 aliphatic carbocycles. The molecule has 1 aliphatic heterocycles. The molecule has 0 spiro atoms. The number of carbonyl (C=O) groups is 1. The van der Waals surface area contributed by atoms with Crippen LogP contribution in [0.3, 0.4) is 0 Å². The van der Waals surface area contributed by atoms with Gasteiger partial charge in [0.2, 0.25) is 0 Å². The molecular weight excluding hydrogens is 220 g/mol. The molecule has 16 heavy (non-hydrogen) atoms. The number of thioether (sulfide) groups is 1. The fourth-order valence-electron chi connectivity index (χ4n) is 1.82. The van der Waals surface area contributed by atoms with Crippen molar-refractivity contribution in [2.45, 2.75) is 18.1 Å². The molecule has 3 heteroatoms. The first-order valence-corrected chi connectivity index (χ1v) is 6.23. The molecule has 0 N–H and O–H groups in total. The molecule has 0 bridgehead atoms. The van der Waals surface area contributed by atoms with Gasteiger partial charge >= 0.3 is 5.97 Å². The van der Waals surface area contributed by atoms with Crippen LogP contribution in [0.1, 0.15) is 18.9 Å². The largest absolute Gasteiger partial charge is 0.465 e. The van der Waals surface area contributed by atoms with Gasteiger partial charge in [-0.1, -0.05) is 36.4 Å². The number of esters is 1. The highest BCUT2D eigenvalue weighted by atomic mass is 32.2. The number of ether oxygens (including phenoxy) is 1. The number of hydrogen-bond donors (Lipinski definition) is 0. The van der Waals surface area contributed by atoms with E-state index in [2.05, 4.69) is 0 Å². The summed E-state index contributed by atoms with van der Waals surface area (Å²) in [6.45, 7) is 2.26. The summed E-state index contributed by atoms with van der Waals surface area (Å²) in [5.74, 6) is -0.142. The van der Waals surface area contributed by atoms with Gasteiger partial charge in [-0.05, 0) is 24.3 Å². The molecule has 1 aromatic carbocycles. The average Bonchev–Trinajstić information content (AvgIpc) is 2.81. The molecule has 0 radical (unpaired) electrons. The lowest BCUT2D eigenvalue weighted by atomic mass is 9.95. The second kappa shape index (κ2) is 4.74. The van der Waals surface area contributed by atoms with Crippen LogP contribution in [0, 0.1) is 0 Å². The van der Waals surface area contributed by atoms with E-state index in [-0.39, 0.29) is 5.97 Å². The average molecular weight is 234 g/mol. The number of benzene rings is 1. The minimum Gasteiger partial charge on any atom is -0.465 e. The number of hydrogen-bond acceptors (Lipinski definition) is 3. The van der Waals surface area contributed by atoms with E-state index in [9.17, 15) is 4.79 Å². The quantitative estimate of drug-likeness (QED) is 0.752. The minimum absolute atomic E-state index is 0.142. The van der Waals surface area contributed by atoms with Crippen molar-refractivity contribution in [2.24, 2.45) is 0 Å².